The van der Waals surface area contributed by atoms with E-state index in [1.54, 1.807) is 12.1 Å². The van der Waals surface area contributed by atoms with E-state index in [0.29, 0.717) is 17.3 Å². The molecule has 1 saturated carbocycles. The number of benzene rings is 1. The quantitative estimate of drug-likeness (QED) is 0.635. The summed E-state index contributed by atoms with van der Waals surface area (Å²) in [5, 5.41) is 9.74. The summed E-state index contributed by atoms with van der Waals surface area (Å²) in [5.74, 6) is -0.358. The molecule has 6 heteroatoms. The lowest BCUT2D eigenvalue weighted by molar-refractivity contribution is 0.0949. The van der Waals surface area contributed by atoms with Crippen LogP contribution in [0.4, 0.5) is 0 Å². The fourth-order valence-electron chi connectivity index (χ4n) is 3.32. The third-order valence-corrected chi connectivity index (χ3v) is 4.80. The van der Waals surface area contributed by atoms with Gasteiger partial charge in [-0.1, -0.05) is 44.4 Å². The summed E-state index contributed by atoms with van der Waals surface area (Å²) < 4.78 is 1.42. The van der Waals surface area contributed by atoms with Gasteiger partial charge in [0.25, 0.3) is 11.5 Å². The molecule has 0 unspecified atom stereocenters. The van der Waals surface area contributed by atoms with Gasteiger partial charge in [0.05, 0.1) is 5.39 Å². The van der Waals surface area contributed by atoms with Crippen molar-refractivity contribution in [3.05, 3.63) is 40.3 Å². The van der Waals surface area contributed by atoms with Crippen molar-refractivity contribution < 1.29 is 4.79 Å². The van der Waals surface area contributed by atoms with Crippen molar-refractivity contribution in [1.82, 2.24) is 15.2 Å². The van der Waals surface area contributed by atoms with Crippen molar-refractivity contribution in [2.45, 2.75) is 64.8 Å². The summed E-state index contributed by atoms with van der Waals surface area (Å²) >= 11 is 0. The third kappa shape index (κ3) is 4.18. The number of carbonyl (C=O) groups excluding carboxylic acids is 1. The molecule has 1 amide bonds. The Hall–Kier alpha value is -2.50. The van der Waals surface area contributed by atoms with Crippen molar-refractivity contribution in [1.29, 1.82) is 0 Å². The number of hydrazone groups is 1. The number of fused-ring (bicyclic) bond motifs is 1. The molecule has 1 aliphatic carbocycles. The zero-order valence-electron chi connectivity index (χ0n) is 15.3. The molecule has 0 aliphatic heterocycles. The highest BCUT2D eigenvalue weighted by Crippen LogP contribution is 2.16. The number of nitrogens with one attached hydrogen (secondary N) is 1. The Morgan fingerprint density at radius 1 is 1.15 bits per heavy atom. The SMILES string of the molecule is CCCCCn1nc(C(=O)NN=C2CCCCC2)c2ccccc2c1=O. The molecule has 138 valence electrons. The minimum Gasteiger partial charge on any atom is -0.267 e. The highest BCUT2D eigenvalue weighted by atomic mass is 16.2. The molecule has 2 aromatic rings. The summed E-state index contributed by atoms with van der Waals surface area (Å²) in [4.78, 5) is 25.3. The van der Waals surface area contributed by atoms with Crippen molar-refractivity contribution >= 4 is 22.4 Å². The molecule has 1 aromatic heterocycles. The van der Waals surface area contributed by atoms with E-state index < -0.39 is 0 Å². The van der Waals surface area contributed by atoms with E-state index in [0.717, 1.165) is 50.7 Å². The second-order valence-electron chi connectivity index (χ2n) is 6.81. The predicted molar refractivity (Wildman–Crippen MR) is 104 cm³/mol. The molecule has 26 heavy (non-hydrogen) atoms. The number of rotatable bonds is 6. The first-order chi connectivity index (χ1) is 12.7. The minimum atomic E-state index is -0.358. The molecule has 0 radical (unpaired) electrons. The average Bonchev–Trinajstić information content (AvgIpc) is 2.69. The summed E-state index contributed by atoms with van der Waals surface area (Å²) in [6, 6.07) is 7.14. The zero-order chi connectivity index (χ0) is 18.4. The zero-order valence-corrected chi connectivity index (χ0v) is 15.3. The van der Waals surface area contributed by atoms with E-state index in [-0.39, 0.29) is 17.2 Å². The van der Waals surface area contributed by atoms with Crippen LogP contribution in [0.25, 0.3) is 10.8 Å². The fourth-order valence-corrected chi connectivity index (χ4v) is 3.32. The van der Waals surface area contributed by atoms with Crippen LogP contribution in [0, 0.1) is 0 Å². The molecule has 1 aliphatic rings. The van der Waals surface area contributed by atoms with Crippen LogP contribution in [0.2, 0.25) is 0 Å². The van der Waals surface area contributed by atoms with Crippen molar-refractivity contribution in [2.75, 3.05) is 0 Å². The van der Waals surface area contributed by atoms with E-state index in [1.807, 2.05) is 12.1 Å². The van der Waals surface area contributed by atoms with Gasteiger partial charge in [-0.15, -0.1) is 0 Å². The molecule has 0 spiro atoms. The summed E-state index contributed by atoms with van der Waals surface area (Å²) in [5.41, 5.74) is 3.79. The first-order valence-corrected chi connectivity index (χ1v) is 9.56. The number of hydrogen-bond acceptors (Lipinski definition) is 4. The number of aryl methyl sites for hydroxylation is 1. The highest BCUT2D eigenvalue weighted by molar-refractivity contribution is 6.05. The average molecular weight is 354 g/mol. The van der Waals surface area contributed by atoms with Gasteiger partial charge in [-0.05, 0) is 38.2 Å². The van der Waals surface area contributed by atoms with Gasteiger partial charge in [-0.3, -0.25) is 9.59 Å². The smallest absolute Gasteiger partial charge is 0.267 e. The topological polar surface area (TPSA) is 76.3 Å². The van der Waals surface area contributed by atoms with Crippen LogP contribution < -0.4 is 11.0 Å². The van der Waals surface area contributed by atoms with Gasteiger partial charge in [0.2, 0.25) is 0 Å². The van der Waals surface area contributed by atoms with E-state index in [2.05, 4.69) is 22.5 Å². The minimum absolute atomic E-state index is 0.146. The van der Waals surface area contributed by atoms with E-state index in [9.17, 15) is 9.59 Å². The maximum atomic E-state index is 12.7. The molecular formula is C20H26N4O2. The molecule has 1 aromatic carbocycles. The molecule has 1 heterocycles. The van der Waals surface area contributed by atoms with Gasteiger partial charge in [0.15, 0.2) is 5.69 Å². The van der Waals surface area contributed by atoms with Gasteiger partial charge >= 0.3 is 0 Å². The third-order valence-electron chi connectivity index (χ3n) is 4.80. The largest absolute Gasteiger partial charge is 0.292 e. The van der Waals surface area contributed by atoms with Crippen LogP contribution in [0.1, 0.15) is 68.8 Å². The maximum Gasteiger partial charge on any atom is 0.292 e. The van der Waals surface area contributed by atoms with Crippen molar-refractivity contribution in [3.63, 3.8) is 0 Å². The van der Waals surface area contributed by atoms with E-state index >= 15 is 0 Å². The Morgan fingerprint density at radius 3 is 2.62 bits per heavy atom. The Morgan fingerprint density at radius 2 is 1.88 bits per heavy atom. The second kappa shape index (κ2) is 8.74. The number of carbonyl (C=O) groups is 1. The van der Waals surface area contributed by atoms with Crippen LogP contribution >= 0.6 is 0 Å². The van der Waals surface area contributed by atoms with E-state index in [1.165, 1.54) is 11.1 Å². The lowest BCUT2D eigenvalue weighted by atomic mass is 9.99. The lowest BCUT2D eigenvalue weighted by Crippen LogP contribution is -2.29. The number of nitrogens with zero attached hydrogens (tertiary/aromatic N) is 3. The van der Waals surface area contributed by atoms with Gasteiger partial charge in [-0.25, -0.2) is 10.1 Å². The molecule has 3 rings (SSSR count). The number of amides is 1. The lowest BCUT2D eigenvalue weighted by Gasteiger charge is -2.13. The molecular weight excluding hydrogens is 328 g/mol. The monoisotopic (exact) mass is 354 g/mol. The molecule has 0 bridgehead atoms. The van der Waals surface area contributed by atoms with Crippen LogP contribution in [0.5, 0.6) is 0 Å². The fraction of sp³-hybridized carbons (Fsp3) is 0.500. The summed E-state index contributed by atoms with van der Waals surface area (Å²) in [6.07, 6.45) is 8.29. The number of hydrogen-bond donors (Lipinski definition) is 1. The first-order valence-electron chi connectivity index (χ1n) is 9.56. The Balaban J connectivity index is 1.91. The molecule has 1 N–H and O–H groups in total. The Bertz CT molecular complexity index is 862. The number of unbranched alkanes of at least 4 members (excludes halogenated alkanes) is 2. The maximum absolute atomic E-state index is 12.7. The van der Waals surface area contributed by atoms with Crippen LogP contribution in [-0.4, -0.2) is 21.4 Å². The Kier molecular flexibility index (Phi) is 6.15. The van der Waals surface area contributed by atoms with Crippen LogP contribution in [-0.2, 0) is 6.54 Å². The van der Waals surface area contributed by atoms with Gasteiger partial charge < -0.3 is 0 Å². The normalized spacial score (nSPS) is 14.4. The van der Waals surface area contributed by atoms with Gasteiger partial charge in [0, 0.05) is 17.6 Å². The molecule has 6 nitrogen and oxygen atoms in total. The second-order valence-corrected chi connectivity index (χ2v) is 6.81. The Labute approximate surface area is 153 Å². The predicted octanol–water partition coefficient (Wildman–Crippen LogP) is 3.64. The standard InChI is InChI=1S/C20H26N4O2/c1-2-3-9-14-24-20(26)17-13-8-7-12-16(17)18(23-24)19(25)22-21-15-10-5-4-6-11-15/h7-8,12-13H,2-6,9-11,14H2,1H3,(H,22,25). The summed E-state index contributed by atoms with van der Waals surface area (Å²) in [6.45, 7) is 2.63. The van der Waals surface area contributed by atoms with Gasteiger partial charge in [-0.2, -0.15) is 10.2 Å². The van der Waals surface area contributed by atoms with Crippen molar-refractivity contribution in [3.8, 4) is 0 Å². The van der Waals surface area contributed by atoms with E-state index in [4.69, 9.17) is 0 Å². The molecule has 0 atom stereocenters. The van der Waals surface area contributed by atoms with Crippen LogP contribution in [0.3, 0.4) is 0 Å². The van der Waals surface area contributed by atoms with Crippen molar-refractivity contribution in [2.24, 2.45) is 5.10 Å². The first kappa shape index (κ1) is 18.3. The van der Waals surface area contributed by atoms with Gasteiger partial charge in [0.1, 0.15) is 0 Å². The summed E-state index contributed by atoms with van der Waals surface area (Å²) in [7, 11) is 0. The molecule has 0 saturated heterocycles. The number of aromatic nitrogens is 2. The highest BCUT2D eigenvalue weighted by Gasteiger charge is 2.17. The molecule has 1 fully saturated rings. The van der Waals surface area contributed by atoms with Crippen LogP contribution in [0.15, 0.2) is 34.2 Å².